The van der Waals surface area contributed by atoms with Gasteiger partial charge in [0.1, 0.15) is 5.60 Å². The maximum absolute atomic E-state index is 12.1. The number of hydrogen-bond donors (Lipinski definition) is 1. The van der Waals surface area contributed by atoms with Gasteiger partial charge in [0.25, 0.3) is 0 Å². The van der Waals surface area contributed by atoms with Crippen molar-refractivity contribution in [2.24, 2.45) is 10.7 Å². The van der Waals surface area contributed by atoms with Crippen molar-refractivity contribution in [2.75, 3.05) is 32.7 Å². The lowest BCUT2D eigenvalue weighted by Gasteiger charge is -2.36. The Kier molecular flexibility index (Phi) is 8.95. The Labute approximate surface area is 177 Å². The maximum atomic E-state index is 12.1. The molecule has 26 heavy (non-hydrogen) atoms. The minimum Gasteiger partial charge on any atom is -0.444 e. The molecule has 1 aromatic rings. The van der Waals surface area contributed by atoms with E-state index in [2.05, 4.69) is 4.99 Å². The quantitative estimate of drug-likeness (QED) is 0.397. The van der Waals surface area contributed by atoms with E-state index < -0.39 is 5.60 Å². The van der Waals surface area contributed by atoms with Crippen LogP contribution in [0.3, 0.4) is 0 Å². The van der Waals surface area contributed by atoms with Crippen LogP contribution in [0.1, 0.15) is 26.3 Å². The van der Waals surface area contributed by atoms with Gasteiger partial charge in [0.05, 0.1) is 0 Å². The number of carbonyl (C=O) groups excluding carboxylic acids is 1. The van der Waals surface area contributed by atoms with Crippen molar-refractivity contribution >= 4 is 47.6 Å². The molecule has 0 radical (unpaired) electrons. The lowest BCUT2D eigenvalue weighted by molar-refractivity contribution is 0.0186. The van der Waals surface area contributed by atoms with Crippen molar-refractivity contribution in [3.8, 4) is 0 Å². The van der Waals surface area contributed by atoms with Gasteiger partial charge in [0.2, 0.25) is 0 Å². The van der Waals surface area contributed by atoms with Gasteiger partial charge in [-0.15, -0.1) is 24.0 Å². The Morgan fingerprint density at radius 2 is 1.77 bits per heavy atom. The molecule has 1 aliphatic rings. The Bertz CT molecular complexity index is 626. The van der Waals surface area contributed by atoms with Gasteiger partial charge in [-0.25, -0.2) is 4.79 Å². The molecule has 0 atom stereocenters. The summed E-state index contributed by atoms with van der Waals surface area (Å²) in [5.41, 5.74) is 6.67. The Morgan fingerprint density at radius 3 is 2.35 bits per heavy atom. The molecule has 0 spiro atoms. The molecule has 2 rings (SSSR count). The highest BCUT2D eigenvalue weighted by atomic mass is 127. The van der Waals surface area contributed by atoms with Crippen molar-refractivity contribution < 1.29 is 9.53 Å². The summed E-state index contributed by atoms with van der Waals surface area (Å²) < 4.78 is 5.39. The summed E-state index contributed by atoms with van der Waals surface area (Å²) in [6.07, 6.45) is 0.472. The number of nitrogens with zero attached hydrogens (tertiary/aromatic N) is 3. The number of rotatable bonds is 3. The molecule has 1 fully saturated rings. The Balaban J connectivity index is 0.00000338. The van der Waals surface area contributed by atoms with Crippen LogP contribution in [0.25, 0.3) is 0 Å². The predicted octanol–water partition coefficient (Wildman–Crippen LogP) is 3.37. The molecule has 1 heterocycles. The second kappa shape index (κ2) is 10.2. The first-order valence-corrected chi connectivity index (χ1v) is 8.90. The van der Waals surface area contributed by atoms with Gasteiger partial charge >= 0.3 is 6.09 Å². The van der Waals surface area contributed by atoms with Crippen LogP contribution in [0, 0.1) is 0 Å². The first-order chi connectivity index (χ1) is 11.8. The Hall–Kier alpha value is -1.22. The molecule has 8 heteroatoms. The summed E-state index contributed by atoms with van der Waals surface area (Å²) in [5.74, 6) is 0.510. The monoisotopic (exact) mass is 494 g/mol. The summed E-state index contributed by atoms with van der Waals surface area (Å²) in [7, 11) is 0. The number of piperazine rings is 1. The third-order valence-corrected chi connectivity index (χ3v) is 4.24. The van der Waals surface area contributed by atoms with Gasteiger partial charge in [0, 0.05) is 37.7 Å². The summed E-state index contributed by atoms with van der Waals surface area (Å²) >= 11 is 6.14. The van der Waals surface area contributed by atoms with Crippen molar-refractivity contribution in [1.29, 1.82) is 0 Å². The molecule has 6 nitrogen and oxygen atoms in total. The van der Waals surface area contributed by atoms with Crippen LogP contribution in [0.4, 0.5) is 4.79 Å². The standard InChI is InChI=1S/C18H27ClN4O2.HI/c1-18(2,3)25-17(24)23-12-10-22(11-13-23)16(20)21-9-8-14-6-4-5-7-15(14)19;/h4-7H,8-13H2,1-3H3,(H2,20,21);1H. The highest BCUT2D eigenvalue weighted by molar-refractivity contribution is 14.0. The molecule has 1 amide bonds. The third-order valence-electron chi connectivity index (χ3n) is 3.87. The molecule has 0 unspecified atom stereocenters. The first-order valence-electron chi connectivity index (χ1n) is 8.52. The normalized spacial score (nSPS) is 15.5. The average Bonchev–Trinajstić information content (AvgIpc) is 2.55. The van der Waals surface area contributed by atoms with Gasteiger partial charge < -0.3 is 20.3 Å². The van der Waals surface area contributed by atoms with Crippen LogP contribution in [-0.4, -0.2) is 60.2 Å². The number of nitrogens with two attached hydrogens (primary N) is 1. The fraction of sp³-hybridized carbons (Fsp3) is 0.556. The summed E-state index contributed by atoms with van der Waals surface area (Å²) in [4.78, 5) is 20.2. The van der Waals surface area contributed by atoms with E-state index in [-0.39, 0.29) is 30.1 Å². The number of ether oxygens (including phenoxy) is 1. The number of carbonyl (C=O) groups is 1. The number of amides is 1. The largest absolute Gasteiger partial charge is 0.444 e. The van der Waals surface area contributed by atoms with E-state index in [0.717, 1.165) is 17.0 Å². The van der Waals surface area contributed by atoms with E-state index in [1.165, 1.54) is 0 Å². The number of guanidine groups is 1. The average molecular weight is 495 g/mol. The van der Waals surface area contributed by atoms with Gasteiger partial charge in [-0.3, -0.25) is 4.99 Å². The molecular weight excluding hydrogens is 467 g/mol. The summed E-state index contributed by atoms with van der Waals surface area (Å²) in [6.45, 7) is 8.65. The topological polar surface area (TPSA) is 71.2 Å². The molecular formula is C18H28ClIN4O2. The molecule has 1 aliphatic heterocycles. The minimum atomic E-state index is -0.479. The van der Waals surface area contributed by atoms with Crippen LogP contribution in [0.15, 0.2) is 29.3 Å². The van der Waals surface area contributed by atoms with Crippen LogP contribution in [0.2, 0.25) is 5.02 Å². The van der Waals surface area contributed by atoms with Crippen LogP contribution in [0.5, 0.6) is 0 Å². The van der Waals surface area contributed by atoms with E-state index in [9.17, 15) is 4.79 Å². The predicted molar refractivity (Wildman–Crippen MR) is 116 cm³/mol. The van der Waals surface area contributed by atoms with Gasteiger partial charge in [-0.1, -0.05) is 29.8 Å². The Morgan fingerprint density at radius 1 is 1.19 bits per heavy atom. The molecule has 0 bridgehead atoms. The summed E-state index contributed by atoms with van der Waals surface area (Å²) in [6, 6.07) is 7.74. The van der Waals surface area contributed by atoms with Crippen LogP contribution < -0.4 is 5.73 Å². The van der Waals surface area contributed by atoms with E-state index >= 15 is 0 Å². The molecule has 146 valence electrons. The number of benzene rings is 1. The van der Waals surface area contributed by atoms with E-state index in [1.54, 1.807) is 4.90 Å². The van der Waals surface area contributed by atoms with E-state index in [1.807, 2.05) is 49.9 Å². The lowest BCUT2D eigenvalue weighted by Crippen LogP contribution is -2.53. The minimum absolute atomic E-state index is 0. The lowest BCUT2D eigenvalue weighted by atomic mass is 10.1. The van der Waals surface area contributed by atoms with Crippen molar-refractivity contribution in [3.63, 3.8) is 0 Å². The second-order valence-electron chi connectivity index (χ2n) is 7.04. The maximum Gasteiger partial charge on any atom is 0.410 e. The van der Waals surface area contributed by atoms with Gasteiger partial charge in [-0.2, -0.15) is 0 Å². The molecule has 0 aliphatic carbocycles. The molecule has 0 saturated carbocycles. The second-order valence-corrected chi connectivity index (χ2v) is 7.44. The summed E-state index contributed by atoms with van der Waals surface area (Å²) in [5, 5.41) is 0.752. The number of hydrogen-bond acceptors (Lipinski definition) is 3. The molecule has 0 aromatic heterocycles. The number of halogens is 2. The van der Waals surface area contributed by atoms with Crippen molar-refractivity contribution in [1.82, 2.24) is 9.80 Å². The third kappa shape index (κ3) is 7.19. The molecule has 1 saturated heterocycles. The molecule has 1 aromatic carbocycles. The van der Waals surface area contributed by atoms with Crippen LogP contribution in [-0.2, 0) is 11.2 Å². The zero-order valence-electron chi connectivity index (χ0n) is 15.6. The smallest absolute Gasteiger partial charge is 0.410 e. The molecule has 2 N–H and O–H groups in total. The van der Waals surface area contributed by atoms with Crippen molar-refractivity contribution in [2.45, 2.75) is 32.8 Å². The first kappa shape index (κ1) is 22.8. The van der Waals surface area contributed by atoms with Crippen LogP contribution >= 0.6 is 35.6 Å². The zero-order chi connectivity index (χ0) is 18.4. The fourth-order valence-electron chi connectivity index (χ4n) is 2.54. The van der Waals surface area contributed by atoms with Gasteiger partial charge in [-0.05, 0) is 38.8 Å². The van der Waals surface area contributed by atoms with E-state index in [4.69, 9.17) is 22.1 Å². The highest BCUT2D eigenvalue weighted by Crippen LogP contribution is 2.15. The van der Waals surface area contributed by atoms with E-state index in [0.29, 0.717) is 38.7 Å². The fourth-order valence-corrected chi connectivity index (χ4v) is 2.77. The van der Waals surface area contributed by atoms with Crippen molar-refractivity contribution in [3.05, 3.63) is 34.9 Å². The SMILES string of the molecule is CC(C)(C)OC(=O)N1CCN(C(N)=NCCc2ccccc2Cl)CC1.I. The highest BCUT2D eigenvalue weighted by Gasteiger charge is 2.26. The van der Waals surface area contributed by atoms with Gasteiger partial charge in [0.15, 0.2) is 5.96 Å². The zero-order valence-corrected chi connectivity index (χ0v) is 18.7. The number of aliphatic imine (C=N–C) groups is 1.